The number of nitrogens with zero attached hydrogens (tertiary/aromatic N) is 3. The number of aryl methyl sites for hydroxylation is 1. The fourth-order valence-electron chi connectivity index (χ4n) is 4.84. The second kappa shape index (κ2) is 12.2. The zero-order valence-electron chi connectivity index (χ0n) is 22.2. The minimum absolute atomic E-state index is 0.00179. The van der Waals surface area contributed by atoms with Crippen molar-refractivity contribution in [3.63, 3.8) is 0 Å². The predicted molar refractivity (Wildman–Crippen MR) is 157 cm³/mol. The lowest BCUT2D eigenvalue weighted by Gasteiger charge is -2.30. The van der Waals surface area contributed by atoms with Gasteiger partial charge in [0.1, 0.15) is 5.84 Å². The summed E-state index contributed by atoms with van der Waals surface area (Å²) >= 11 is 10.0. The molecule has 3 aliphatic rings. The monoisotopic (exact) mass is 618 g/mol. The molecule has 3 unspecified atom stereocenters. The molecule has 0 saturated heterocycles. The first-order valence-electron chi connectivity index (χ1n) is 12.9. The number of pyridine rings is 1. The number of hydrogen-bond acceptors (Lipinski definition) is 8. The molecule has 4 N–H and O–H groups in total. The van der Waals surface area contributed by atoms with Gasteiger partial charge in [0, 0.05) is 35.5 Å². The van der Waals surface area contributed by atoms with E-state index in [4.69, 9.17) is 27.4 Å². The molecule has 5 rings (SSSR count). The molecule has 0 radical (unpaired) electrons. The fraction of sp³-hybridized carbons (Fsp3) is 0.333. The van der Waals surface area contributed by atoms with E-state index in [0.717, 1.165) is 12.8 Å². The van der Waals surface area contributed by atoms with E-state index in [1.807, 2.05) is 6.92 Å². The lowest BCUT2D eigenvalue weighted by molar-refractivity contribution is -0.113. The van der Waals surface area contributed by atoms with Crippen molar-refractivity contribution in [1.82, 2.24) is 20.6 Å². The van der Waals surface area contributed by atoms with Gasteiger partial charge in [-0.3, -0.25) is 24.0 Å². The van der Waals surface area contributed by atoms with Crippen LogP contribution in [-0.2, 0) is 20.3 Å². The molecule has 2 aliphatic heterocycles. The van der Waals surface area contributed by atoms with Gasteiger partial charge in [-0.15, -0.1) is 0 Å². The van der Waals surface area contributed by atoms with Crippen LogP contribution in [0, 0.1) is 12.8 Å². The van der Waals surface area contributed by atoms with Crippen LogP contribution < -0.4 is 16.1 Å². The third-order valence-corrected chi connectivity index (χ3v) is 7.99. The summed E-state index contributed by atoms with van der Waals surface area (Å²) in [6, 6.07) is 6.62. The molecule has 1 fully saturated rings. The number of amidine groups is 1. The van der Waals surface area contributed by atoms with Crippen LogP contribution in [0.4, 0.5) is 5.69 Å². The highest BCUT2D eigenvalue weighted by Gasteiger charge is 2.36. The topological polar surface area (TPSA) is 145 Å². The Hall–Kier alpha value is -3.45. The van der Waals surface area contributed by atoms with Gasteiger partial charge in [-0.1, -0.05) is 23.2 Å². The van der Waals surface area contributed by atoms with Crippen molar-refractivity contribution < 1.29 is 22.5 Å². The van der Waals surface area contributed by atoms with E-state index in [2.05, 4.69) is 26.1 Å². The van der Waals surface area contributed by atoms with Crippen LogP contribution >= 0.6 is 23.2 Å². The van der Waals surface area contributed by atoms with Crippen LogP contribution in [0.15, 0.2) is 59.2 Å². The second-order valence-corrected chi connectivity index (χ2v) is 11.5. The van der Waals surface area contributed by atoms with Gasteiger partial charge in [0.25, 0.3) is 11.8 Å². The summed E-state index contributed by atoms with van der Waals surface area (Å²) < 4.78 is 26.1. The zero-order chi connectivity index (χ0) is 29.3. The Kier molecular flexibility index (Phi) is 8.64. The molecule has 3 heterocycles. The highest BCUT2D eigenvalue weighted by Crippen LogP contribution is 2.34. The van der Waals surface area contributed by atoms with Crippen molar-refractivity contribution in [3.8, 4) is 0 Å². The molecule has 3 atom stereocenters. The maximum atomic E-state index is 13.6. The van der Waals surface area contributed by atoms with Crippen molar-refractivity contribution in [1.29, 1.82) is 0 Å². The number of aromatic nitrogens is 1. The van der Waals surface area contributed by atoms with Crippen molar-refractivity contribution in [2.24, 2.45) is 11.0 Å². The number of amides is 2. The molecule has 2 aromatic rings. The third-order valence-electron chi connectivity index (χ3n) is 7.14. The van der Waals surface area contributed by atoms with E-state index >= 15 is 0 Å². The number of nitrogens with one attached hydrogen (secondary N) is 3. The van der Waals surface area contributed by atoms with E-state index in [1.165, 1.54) is 23.1 Å². The average Bonchev–Trinajstić information content (AvgIpc) is 3.67. The maximum absolute atomic E-state index is 13.6. The number of hydrazone groups is 1. The van der Waals surface area contributed by atoms with E-state index in [9.17, 15) is 18.4 Å². The van der Waals surface area contributed by atoms with Crippen LogP contribution in [0.5, 0.6) is 0 Å². The third kappa shape index (κ3) is 6.56. The molecule has 216 valence electrons. The number of halogens is 2. The molecule has 1 aromatic heterocycles. The van der Waals surface area contributed by atoms with Crippen LogP contribution in [0.3, 0.4) is 0 Å². The van der Waals surface area contributed by atoms with Crippen molar-refractivity contribution in [2.75, 3.05) is 18.4 Å². The largest absolute Gasteiger partial charge is 0.361 e. The summed E-state index contributed by atoms with van der Waals surface area (Å²) in [6.07, 6.45) is 6.64. The Morgan fingerprint density at radius 2 is 2.02 bits per heavy atom. The number of allylic oxidation sites excluding steroid dienone is 2. The summed E-state index contributed by atoms with van der Waals surface area (Å²) in [5.41, 5.74) is 4.97. The Bertz CT molecular complexity index is 1510. The van der Waals surface area contributed by atoms with E-state index in [1.54, 1.807) is 31.3 Å². The molecule has 1 saturated carbocycles. The average molecular weight is 620 g/mol. The van der Waals surface area contributed by atoms with Gasteiger partial charge in [0.2, 0.25) is 5.88 Å². The standard InChI is InChI=1S/C27H28Cl2N6O5S/c1-14-10-18(28)11-19(27(37)32-15(2)16-5-6-16)23(14)33-26(36)17-7-8-22(40-41(38)39)35(13-17)25-20(12-31-34-25)24-21(29)4-3-9-30-24/h3-4,7-11,15-16,20,31H,5-6,12-13H2,1-2H3,(H,32,37)(H,33,36)(H,38,39). The Morgan fingerprint density at radius 1 is 1.24 bits per heavy atom. The number of anilines is 1. The Morgan fingerprint density at radius 3 is 2.73 bits per heavy atom. The van der Waals surface area contributed by atoms with Gasteiger partial charge in [-0.2, -0.15) is 9.31 Å². The molecular formula is C27H28Cl2N6O5S. The summed E-state index contributed by atoms with van der Waals surface area (Å²) in [4.78, 5) is 32.7. The van der Waals surface area contributed by atoms with Crippen molar-refractivity contribution in [3.05, 3.63) is 80.9 Å². The van der Waals surface area contributed by atoms with Crippen LogP contribution in [-0.4, -0.2) is 55.4 Å². The van der Waals surface area contributed by atoms with E-state index < -0.39 is 23.2 Å². The summed E-state index contributed by atoms with van der Waals surface area (Å²) in [5.74, 6) is -0.371. The summed E-state index contributed by atoms with van der Waals surface area (Å²) in [5, 5.41) is 11.1. The molecule has 1 aliphatic carbocycles. The number of carbonyl (C=O) groups excluding carboxylic acids is 2. The zero-order valence-corrected chi connectivity index (χ0v) is 24.5. The van der Waals surface area contributed by atoms with Crippen LogP contribution in [0.2, 0.25) is 10.0 Å². The van der Waals surface area contributed by atoms with Crippen molar-refractivity contribution in [2.45, 2.75) is 38.6 Å². The first-order chi connectivity index (χ1) is 19.6. The minimum Gasteiger partial charge on any atom is -0.361 e. The van der Waals surface area contributed by atoms with Gasteiger partial charge in [-0.05, 0) is 68.5 Å². The van der Waals surface area contributed by atoms with Gasteiger partial charge >= 0.3 is 11.4 Å². The molecule has 2 amide bonds. The number of benzene rings is 1. The van der Waals surface area contributed by atoms with E-state index in [0.29, 0.717) is 45.3 Å². The maximum Gasteiger partial charge on any atom is 0.359 e. The lowest BCUT2D eigenvalue weighted by Crippen LogP contribution is -2.40. The fourth-order valence-corrected chi connectivity index (χ4v) is 5.66. The molecule has 1 aromatic carbocycles. The van der Waals surface area contributed by atoms with Gasteiger partial charge in [0.15, 0.2) is 0 Å². The molecule has 41 heavy (non-hydrogen) atoms. The molecule has 0 bridgehead atoms. The molecule has 0 spiro atoms. The van der Waals surface area contributed by atoms with Gasteiger partial charge < -0.3 is 20.2 Å². The van der Waals surface area contributed by atoms with Crippen LogP contribution in [0.25, 0.3) is 0 Å². The van der Waals surface area contributed by atoms with Crippen molar-refractivity contribution >= 4 is 57.9 Å². The summed E-state index contributed by atoms with van der Waals surface area (Å²) in [6.45, 7) is 4.03. The number of rotatable bonds is 8. The SMILES string of the molecule is Cc1cc(Cl)cc(C(=O)NC(C)C2CC2)c1NC(=O)C1=CC=C(OS(=O)O)N(C2=NNCC2c2ncccc2Cl)C1. The Balaban J connectivity index is 1.41. The van der Waals surface area contributed by atoms with Gasteiger partial charge in [0.05, 0.1) is 34.4 Å². The summed E-state index contributed by atoms with van der Waals surface area (Å²) in [7, 11) is 0. The number of hydrogen-bond donors (Lipinski definition) is 4. The highest BCUT2D eigenvalue weighted by atomic mass is 35.5. The number of carbonyl (C=O) groups is 2. The van der Waals surface area contributed by atoms with Crippen LogP contribution in [0.1, 0.15) is 47.3 Å². The predicted octanol–water partition coefficient (Wildman–Crippen LogP) is 4.10. The highest BCUT2D eigenvalue weighted by molar-refractivity contribution is 7.74. The minimum atomic E-state index is -2.63. The first kappa shape index (κ1) is 29.1. The molecule has 14 heteroatoms. The lowest BCUT2D eigenvalue weighted by atomic mass is 10.0. The first-order valence-corrected chi connectivity index (χ1v) is 14.7. The van der Waals surface area contributed by atoms with Gasteiger partial charge in [-0.25, -0.2) is 0 Å². The second-order valence-electron chi connectivity index (χ2n) is 10.0. The molecular weight excluding hydrogens is 591 g/mol. The quantitative estimate of drug-likeness (QED) is 0.324. The normalized spacial score (nSPS) is 19.8. The smallest absolute Gasteiger partial charge is 0.359 e. The molecule has 11 nitrogen and oxygen atoms in total. The van der Waals surface area contributed by atoms with E-state index in [-0.39, 0.29) is 35.5 Å². The Labute approximate surface area is 249 Å².